The molecule has 106 valence electrons. The lowest BCUT2D eigenvalue weighted by Gasteiger charge is -2.24. The molecule has 0 aliphatic carbocycles. The number of nitrogens with two attached hydrogens (primary N) is 2. The maximum atomic E-state index is 10.9. The Balaban J connectivity index is 0. The molecule has 0 heterocycles. The van der Waals surface area contributed by atoms with Crippen molar-refractivity contribution in [3.05, 3.63) is 0 Å². The average molecular weight is 278 g/mol. The van der Waals surface area contributed by atoms with E-state index in [1.54, 1.807) is 0 Å². The van der Waals surface area contributed by atoms with E-state index in [1.165, 1.54) is 7.05 Å². The smallest absolute Gasteiger partial charge is 0.326 e. The van der Waals surface area contributed by atoms with Crippen molar-refractivity contribution in [1.82, 2.24) is 15.8 Å². The number of urea groups is 1. The summed E-state index contributed by atoms with van der Waals surface area (Å²) in [5.74, 6) is -1.23. The van der Waals surface area contributed by atoms with Crippen molar-refractivity contribution < 1.29 is 14.7 Å². The minimum atomic E-state index is -1.07. The van der Waals surface area contributed by atoms with Gasteiger partial charge in [-0.25, -0.2) is 9.80 Å². The number of carbonyl (C=O) groups excluding carboxylic acids is 1. The van der Waals surface area contributed by atoms with Crippen LogP contribution in [0.15, 0.2) is 0 Å². The van der Waals surface area contributed by atoms with E-state index in [9.17, 15) is 9.59 Å². The summed E-state index contributed by atoms with van der Waals surface area (Å²) in [6.45, 7) is 0.392. The summed E-state index contributed by atoms with van der Waals surface area (Å²) in [5, 5.41) is 19.5. The molecule has 0 saturated carbocycles. The third-order valence-electron chi connectivity index (χ3n) is 2.01. The molecule has 0 aromatic heterocycles. The molecule has 10 heteroatoms. The maximum absolute atomic E-state index is 10.9. The fourth-order valence-corrected chi connectivity index (χ4v) is 1.25. The number of hydrogen-bond acceptors (Lipinski definition) is 4. The van der Waals surface area contributed by atoms with Crippen molar-refractivity contribution in [1.29, 1.82) is 5.41 Å². The minimum absolute atomic E-state index is 0. The number of carboxylic acids is 1. The molecule has 9 nitrogen and oxygen atoms in total. The van der Waals surface area contributed by atoms with E-state index in [1.807, 2.05) is 0 Å². The quantitative estimate of drug-likeness (QED) is 0.0944. The Morgan fingerprint density at radius 2 is 2.00 bits per heavy atom. The van der Waals surface area contributed by atoms with Crippen molar-refractivity contribution in [3.63, 3.8) is 0 Å². The Morgan fingerprint density at radius 3 is 2.39 bits per heavy atom. The van der Waals surface area contributed by atoms with Gasteiger partial charge in [0.05, 0.1) is 0 Å². The number of carboxylic acid groups (broad SMARTS) is 1. The van der Waals surface area contributed by atoms with Gasteiger partial charge in [0.2, 0.25) is 0 Å². The largest absolute Gasteiger partial charge is 0.480 e. The van der Waals surface area contributed by atoms with Crippen molar-refractivity contribution in [2.24, 2.45) is 11.5 Å². The lowest BCUT2D eigenvalue weighted by Crippen LogP contribution is -2.51. The Labute approximate surface area is 109 Å². The highest BCUT2D eigenvalue weighted by Gasteiger charge is 2.22. The van der Waals surface area contributed by atoms with E-state index in [-0.39, 0.29) is 23.3 Å². The van der Waals surface area contributed by atoms with Crippen LogP contribution < -0.4 is 22.2 Å². The average Bonchev–Trinajstić information content (AvgIpc) is 2.14. The number of nitrogens with one attached hydrogen (secondary N) is 3. The summed E-state index contributed by atoms with van der Waals surface area (Å²) < 4.78 is 0. The lowest BCUT2D eigenvalue weighted by atomic mass is 10.1. The molecule has 0 saturated heterocycles. The molecule has 0 aromatic rings. The second kappa shape index (κ2) is 9.24. The second-order valence-electron chi connectivity index (χ2n) is 3.42. The number of amides is 2. The zero-order valence-corrected chi connectivity index (χ0v) is 9.56. The normalized spacial score (nSPS) is 11.2. The van der Waals surface area contributed by atoms with Gasteiger partial charge in [-0.15, -0.1) is 0 Å². The van der Waals surface area contributed by atoms with Crippen LogP contribution in [0.4, 0.5) is 4.79 Å². The van der Waals surface area contributed by atoms with Crippen LogP contribution in [0.1, 0.15) is 12.8 Å². The number of hydrazine groups is 1. The highest BCUT2D eigenvalue weighted by Crippen LogP contribution is 2.02. The summed E-state index contributed by atoms with van der Waals surface area (Å²) >= 11 is 0. The molecule has 2 amide bonds. The van der Waals surface area contributed by atoms with Gasteiger partial charge in [0.25, 0.3) is 0 Å². The third kappa shape index (κ3) is 8.35. The summed E-state index contributed by atoms with van der Waals surface area (Å²) in [4.78, 5) is 21.5. The summed E-state index contributed by atoms with van der Waals surface area (Å²) in [6, 6.07) is -1.70. The zero-order valence-electron chi connectivity index (χ0n) is 9.56. The number of nitrogens with zero attached hydrogens (tertiary/aromatic N) is 1. The molecule has 0 bridgehead atoms. The number of guanidine groups is 1. The van der Waals surface area contributed by atoms with Gasteiger partial charge in [0.15, 0.2) is 5.96 Å². The molecule has 1 unspecified atom stereocenters. The van der Waals surface area contributed by atoms with E-state index in [4.69, 9.17) is 22.0 Å². The summed E-state index contributed by atoms with van der Waals surface area (Å²) in [5.41, 5.74) is 12.1. The Morgan fingerprint density at radius 1 is 1.44 bits per heavy atom. The minimum Gasteiger partial charge on any atom is -0.480 e. The van der Waals surface area contributed by atoms with Crippen LogP contribution in [0.2, 0.25) is 0 Å². The molecular formula is C8H22N6O3Si. The van der Waals surface area contributed by atoms with Gasteiger partial charge in [-0.1, -0.05) is 0 Å². The van der Waals surface area contributed by atoms with Gasteiger partial charge in [-0.2, -0.15) is 0 Å². The van der Waals surface area contributed by atoms with E-state index >= 15 is 0 Å². The second-order valence-corrected chi connectivity index (χ2v) is 3.42. The highest BCUT2D eigenvalue weighted by molar-refractivity contribution is 5.76. The third-order valence-corrected chi connectivity index (χ3v) is 2.01. The molecule has 18 heavy (non-hydrogen) atoms. The fraction of sp³-hybridized carbons (Fsp3) is 0.625. The number of primary amides is 1. The van der Waals surface area contributed by atoms with Crippen LogP contribution in [0.3, 0.4) is 0 Å². The Kier molecular flexibility index (Phi) is 9.52. The van der Waals surface area contributed by atoms with Crippen LogP contribution >= 0.6 is 0 Å². The topological polar surface area (TPSA) is 158 Å². The lowest BCUT2D eigenvalue weighted by molar-refractivity contribution is -0.143. The molecule has 0 fully saturated rings. The molecule has 0 aliphatic heterocycles. The predicted octanol–water partition coefficient (Wildman–Crippen LogP) is -3.23. The van der Waals surface area contributed by atoms with E-state index in [0.717, 1.165) is 5.01 Å². The van der Waals surface area contributed by atoms with Crippen LogP contribution in [0.5, 0.6) is 0 Å². The van der Waals surface area contributed by atoms with Gasteiger partial charge in [0, 0.05) is 13.6 Å². The molecule has 0 spiro atoms. The Bertz CT molecular complexity index is 301. The predicted molar refractivity (Wildman–Crippen MR) is 72.4 cm³/mol. The SMILES string of the molecule is CN(NC(N)=O)C(CCCNC(=N)N)C(=O)O.[SiH4]. The molecule has 8 N–H and O–H groups in total. The number of likely N-dealkylation sites (N-methyl/N-ethyl adjacent to an activating group) is 1. The van der Waals surface area contributed by atoms with Gasteiger partial charge >= 0.3 is 12.0 Å². The van der Waals surface area contributed by atoms with Crippen molar-refractivity contribution in [2.45, 2.75) is 18.9 Å². The van der Waals surface area contributed by atoms with Crippen molar-refractivity contribution in [3.8, 4) is 0 Å². The summed E-state index contributed by atoms with van der Waals surface area (Å²) in [7, 11) is 1.42. The first-order valence-corrected chi connectivity index (χ1v) is 4.94. The van der Waals surface area contributed by atoms with Gasteiger partial charge < -0.3 is 21.9 Å². The van der Waals surface area contributed by atoms with Gasteiger partial charge in [0.1, 0.15) is 6.04 Å². The molecule has 0 rings (SSSR count). The number of hydrogen-bond donors (Lipinski definition) is 6. The van der Waals surface area contributed by atoms with Gasteiger partial charge in [-0.3, -0.25) is 15.6 Å². The number of aliphatic carboxylic acids is 1. The molecule has 1 atom stereocenters. The molecule has 0 aromatic carbocycles. The Hall–Kier alpha value is -1.81. The van der Waals surface area contributed by atoms with E-state index < -0.39 is 18.0 Å². The van der Waals surface area contributed by atoms with Crippen LogP contribution in [-0.4, -0.2) is 58.7 Å². The molecule has 0 aliphatic rings. The first-order valence-electron chi connectivity index (χ1n) is 4.94. The maximum Gasteiger partial charge on any atom is 0.326 e. The van der Waals surface area contributed by atoms with E-state index in [2.05, 4.69) is 10.7 Å². The van der Waals surface area contributed by atoms with Gasteiger partial charge in [-0.05, 0) is 23.8 Å². The van der Waals surface area contributed by atoms with Crippen molar-refractivity contribution >= 4 is 28.9 Å². The first-order chi connectivity index (χ1) is 7.84. The highest BCUT2D eigenvalue weighted by atomic mass is 28.1. The zero-order chi connectivity index (χ0) is 13.4. The van der Waals surface area contributed by atoms with Crippen LogP contribution in [0, 0.1) is 5.41 Å². The monoisotopic (exact) mass is 278 g/mol. The van der Waals surface area contributed by atoms with E-state index in [0.29, 0.717) is 13.0 Å². The van der Waals surface area contributed by atoms with Crippen molar-refractivity contribution in [2.75, 3.05) is 13.6 Å². The standard InChI is InChI=1S/C8H18N6O3.H4Si/c1-14(13-8(11)17)5(6(15)16)3-2-4-12-7(9)10;/h5H,2-4H2,1H3,(H,15,16)(H4,9,10,12)(H3,11,13,17);1H4. The fourth-order valence-electron chi connectivity index (χ4n) is 1.25. The molecule has 0 radical (unpaired) electrons. The van der Waals surface area contributed by atoms with Crippen LogP contribution in [-0.2, 0) is 4.79 Å². The van der Waals surface area contributed by atoms with Crippen LogP contribution in [0.25, 0.3) is 0 Å². The molecular weight excluding hydrogens is 256 g/mol. The number of carbonyl (C=O) groups is 2. The first kappa shape index (κ1) is 18.5. The number of rotatable bonds is 7. The summed E-state index contributed by atoms with van der Waals surface area (Å²) in [6.07, 6.45) is 0.772.